The quantitative estimate of drug-likeness (QED) is 0.764. The zero-order valence-corrected chi connectivity index (χ0v) is 14.1. The summed E-state index contributed by atoms with van der Waals surface area (Å²) in [6.07, 6.45) is 2.12. The highest BCUT2D eigenvalue weighted by Crippen LogP contribution is 2.21. The fraction of sp³-hybridized carbons (Fsp3) is 0.389. The minimum absolute atomic E-state index is 0.0209. The number of hydrogen-bond donors (Lipinski definition) is 2. The Kier molecular flexibility index (Phi) is 5.96. The van der Waals surface area contributed by atoms with E-state index < -0.39 is 0 Å². The van der Waals surface area contributed by atoms with Gasteiger partial charge < -0.3 is 11.1 Å². The molecule has 0 saturated heterocycles. The molecule has 1 aromatic heterocycles. The van der Waals surface area contributed by atoms with Crippen LogP contribution in [0.4, 0.5) is 5.82 Å². The fourth-order valence-corrected chi connectivity index (χ4v) is 2.37. The van der Waals surface area contributed by atoms with Crippen LogP contribution < -0.4 is 11.1 Å². The van der Waals surface area contributed by atoms with E-state index in [2.05, 4.69) is 16.5 Å². The maximum Gasteiger partial charge on any atom is 0.222 e. The van der Waals surface area contributed by atoms with Gasteiger partial charge in [0.15, 0.2) is 0 Å². The number of aromatic nitrogens is 2. The molecule has 3 N–H and O–H groups in total. The van der Waals surface area contributed by atoms with E-state index in [1.165, 1.54) is 0 Å². The van der Waals surface area contributed by atoms with Crippen molar-refractivity contribution in [3.05, 3.63) is 41.6 Å². The predicted molar refractivity (Wildman–Crippen MR) is 93.5 cm³/mol. The molecule has 1 unspecified atom stereocenters. The van der Waals surface area contributed by atoms with Crippen molar-refractivity contribution < 1.29 is 4.79 Å². The van der Waals surface area contributed by atoms with Crippen LogP contribution in [0.5, 0.6) is 0 Å². The summed E-state index contributed by atoms with van der Waals surface area (Å²) in [5.41, 5.74) is 7.96. The summed E-state index contributed by atoms with van der Waals surface area (Å²) in [7, 11) is 0. The second-order valence-corrected chi connectivity index (χ2v) is 5.77. The number of nitriles is 1. The SMILES string of the molecule is CCC(C)C(=O)NCCCc1nn(-c2ccccc2)c(N)c1C#N. The van der Waals surface area contributed by atoms with Gasteiger partial charge in [0.2, 0.25) is 5.91 Å². The van der Waals surface area contributed by atoms with Crippen LogP contribution in [0.25, 0.3) is 5.69 Å². The zero-order valence-electron chi connectivity index (χ0n) is 14.1. The van der Waals surface area contributed by atoms with E-state index in [0.29, 0.717) is 36.5 Å². The van der Waals surface area contributed by atoms with Gasteiger partial charge in [0.05, 0.1) is 11.4 Å². The van der Waals surface area contributed by atoms with Crippen molar-refractivity contribution in [3.63, 3.8) is 0 Å². The summed E-state index contributed by atoms with van der Waals surface area (Å²) >= 11 is 0. The van der Waals surface area contributed by atoms with Crippen molar-refractivity contribution in [2.24, 2.45) is 5.92 Å². The Morgan fingerprint density at radius 3 is 2.75 bits per heavy atom. The third-order valence-electron chi connectivity index (χ3n) is 4.06. The Bertz CT molecular complexity index is 730. The minimum atomic E-state index is 0.0209. The average molecular weight is 325 g/mol. The molecule has 0 bridgehead atoms. The first-order valence-corrected chi connectivity index (χ1v) is 8.19. The Morgan fingerprint density at radius 1 is 1.42 bits per heavy atom. The van der Waals surface area contributed by atoms with Crippen LogP contribution in [0.1, 0.15) is 37.9 Å². The second-order valence-electron chi connectivity index (χ2n) is 5.77. The summed E-state index contributed by atoms with van der Waals surface area (Å²) in [6, 6.07) is 11.6. The number of carbonyl (C=O) groups is 1. The van der Waals surface area contributed by atoms with Gasteiger partial charge in [-0.1, -0.05) is 32.0 Å². The summed E-state index contributed by atoms with van der Waals surface area (Å²) in [4.78, 5) is 11.7. The summed E-state index contributed by atoms with van der Waals surface area (Å²) < 4.78 is 1.59. The van der Waals surface area contributed by atoms with E-state index in [1.807, 2.05) is 44.2 Å². The number of nitrogens with two attached hydrogens (primary N) is 1. The highest BCUT2D eigenvalue weighted by Gasteiger charge is 2.16. The monoisotopic (exact) mass is 325 g/mol. The molecular weight excluding hydrogens is 302 g/mol. The van der Waals surface area contributed by atoms with Crippen LogP contribution in [0.3, 0.4) is 0 Å². The first kappa shape index (κ1) is 17.5. The van der Waals surface area contributed by atoms with Crippen LogP contribution >= 0.6 is 0 Å². The molecule has 0 saturated carbocycles. The zero-order chi connectivity index (χ0) is 17.5. The molecular formula is C18H23N5O. The van der Waals surface area contributed by atoms with Gasteiger partial charge in [-0.05, 0) is 31.4 Å². The molecule has 1 amide bonds. The van der Waals surface area contributed by atoms with Crippen molar-refractivity contribution >= 4 is 11.7 Å². The van der Waals surface area contributed by atoms with Crippen molar-refractivity contribution in [2.75, 3.05) is 12.3 Å². The number of nitrogens with zero attached hydrogens (tertiary/aromatic N) is 3. The third kappa shape index (κ3) is 3.93. The molecule has 2 rings (SSSR count). The van der Waals surface area contributed by atoms with E-state index in [-0.39, 0.29) is 11.8 Å². The standard InChI is InChI=1S/C18H23N5O/c1-3-13(2)18(24)21-11-7-10-16-15(12-19)17(20)23(22-16)14-8-5-4-6-9-14/h4-6,8-9,13H,3,7,10-11,20H2,1-2H3,(H,21,24). The number of anilines is 1. The van der Waals surface area contributed by atoms with Gasteiger partial charge in [0, 0.05) is 12.5 Å². The van der Waals surface area contributed by atoms with E-state index in [4.69, 9.17) is 5.73 Å². The first-order chi connectivity index (χ1) is 11.6. The second kappa shape index (κ2) is 8.16. The van der Waals surface area contributed by atoms with Gasteiger partial charge in [-0.25, -0.2) is 4.68 Å². The molecule has 2 aromatic rings. The summed E-state index contributed by atoms with van der Waals surface area (Å²) in [6.45, 7) is 4.46. The Morgan fingerprint density at radius 2 is 2.12 bits per heavy atom. The van der Waals surface area contributed by atoms with Crippen molar-refractivity contribution in [3.8, 4) is 11.8 Å². The number of para-hydroxylation sites is 1. The van der Waals surface area contributed by atoms with Crippen LogP contribution in [-0.4, -0.2) is 22.2 Å². The lowest BCUT2D eigenvalue weighted by Crippen LogP contribution is -2.29. The van der Waals surface area contributed by atoms with Crippen LogP contribution in [0, 0.1) is 17.2 Å². The van der Waals surface area contributed by atoms with Crippen molar-refractivity contribution in [1.82, 2.24) is 15.1 Å². The lowest BCUT2D eigenvalue weighted by Gasteiger charge is -2.09. The number of aryl methyl sites for hydroxylation is 1. The topological polar surface area (TPSA) is 96.7 Å². The highest BCUT2D eigenvalue weighted by molar-refractivity contribution is 5.78. The molecule has 126 valence electrons. The summed E-state index contributed by atoms with van der Waals surface area (Å²) in [5.74, 6) is 0.433. The Hall–Kier alpha value is -2.81. The van der Waals surface area contributed by atoms with Gasteiger partial charge in [-0.15, -0.1) is 0 Å². The average Bonchev–Trinajstić information content (AvgIpc) is 2.94. The third-order valence-corrected chi connectivity index (χ3v) is 4.06. The molecule has 24 heavy (non-hydrogen) atoms. The van der Waals surface area contributed by atoms with E-state index >= 15 is 0 Å². The normalized spacial score (nSPS) is 11.7. The maximum atomic E-state index is 11.7. The number of hydrogen-bond acceptors (Lipinski definition) is 4. The lowest BCUT2D eigenvalue weighted by molar-refractivity contribution is -0.124. The first-order valence-electron chi connectivity index (χ1n) is 8.19. The highest BCUT2D eigenvalue weighted by atomic mass is 16.1. The van der Waals surface area contributed by atoms with Crippen molar-refractivity contribution in [2.45, 2.75) is 33.1 Å². The van der Waals surface area contributed by atoms with Gasteiger partial charge >= 0.3 is 0 Å². The van der Waals surface area contributed by atoms with Gasteiger partial charge in [0.25, 0.3) is 0 Å². The van der Waals surface area contributed by atoms with Crippen LogP contribution in [0.15, 0.2) is 30.3 Å². The number of carbonyl (C=O) groups excluding carboxylic acids is 1. The molecule has 0 aliphatic rings. The molecule has 0 radical (unpaired) electrons. The molecule has 6 heteroatoms. The van der Waals surface area contributed by atoms with Gasteiger partial charge in [0.1, 0.15) is 17.5 Å². The number of nitrogen functional groups attached to an aromatic ring is 1. The summed E-state index contributed by atoms with van der Waals surface area (Å²) in [5, 5.41) is 16.7. The molecule has 1 atom stereocenters. The Labute approximate surface area is 142 Å². The number of nitrogens with one attached hydrogen (secondary N) is 1. The molecule has 0 fully saturated rings. The molecule has 6 nitrogen and oxygen atoms in total. The number of rotatable bonds is 7. The van der Waals surface area contributed by atoms with Crippen molar-refractivity contribution in [1.29, 1.82) is 5.26 Å². The molecule has 1 heterocycles. The smallest absolute Gasteiger partial charge is 0.222 e. The number of benzene rings is 1. The largest absolute Gasteiger partial charge is 0.382 e. The van der Waals surface area contributed by atoms with Crippen LogP contribution in [0.2, 0.25) is 0 Å². The van der Waals surface area contributed by atoms with E-state index in [1.54, 1.807) is 4.68 Å². The molecule has 1 aromatic carbocycles. The predicted octanol–water partition coefficient (Wildman–Crippen LogP) is 2.42. The fourth-order valence-electron chi connectivity index (χ4n) is 2.37. The van der Waals surface area contributed by atoms with E-state index in [9.17, 15) is 10.1 Å². The Balaban J connectivity index is 2.04. The van der Waals surface area contributed by atoms with Gasteiger partial charge in [-0.3, -0.25) is 4.79 Å². The molecule has 0 spiro atoms. The van der Waals surface area contributed by atoms with E-state index in [0.717, 1.165) is 12.1 Å². The van der Waals surface area contributed by atoms with Gasteiger partial charge in [-0.2, -0.15) is 10.4 Å². The minimum Gasteiger partial charge on any atom is -0.382 e. The lowest BCUT2D eigenvalue weighted by atomic mass is 10.1. The maximum absolute atomic E-state index is 11.7. The molecule has 0 aliphatic carbocycles. The molecule has 0 aliphatic heterocycles. The number of amides is 1. The van der Waals surface area contributed by atoms with Crippen LogP contribution in [-0.2, 0) is 11.2 Å².